The maximum absolute atomic E-state index is 11.2. The Kier molecular flexibility index (Phi) is 3.07. The van der Waals surface area contributed by atoms with Crippen molar-refractivity contribution in [2.24, 2.45) is 0 Å². The lowest BCUT2D eigenvalue weighted by Crippen LogP contribution is -2.31. The van der Waals surface area contributed by atoms with E-state index in [1.807, 2.05) is 0 Å². The van der Waals surface area contributed by atoms with Gasteiger partial charge in [-0.25, -0.2) is 0 Å². The predicted molar refractivity (Wildman–Crippen MR) is 44.8 cm³/mol. The fourth-order valence-electron chi connectivity index (χ4n) is 0.768. The van der Waals surface area contributed by atoms with Crippen LogP contribution < -0.4 is 0 Å². The van der Waals surface area contributed by atoms with E-state index >= 15 is 0 Å². The first-order chi connectivity index (χ1) is 5.59. The largest absolute Gasteiger partial charge is 0.592 e. The van der Waals surface area contributed by atoms with Crippen LogP contribution in [0.1, 0.15) is 0 Å². The number of halogens is 2. The molecule has 0 bridgehead atoms. The molecule has 0 aromatic rings. The average molecular weight is 227 g/mol. The van der Waals surface area contributed by atoms with Crippen LogP contribution in [0, 0.1) is 11.3 Å². The lowest BCUT2D eigenvalue weighted by molar-refractivity contribution is -0.124. The van der Waals surface area contributed by atoms with E-state index in [1.165, 1.54) is 0 Å². The zero-order valence-corrected chi connectivity index (χ0v) is 8.07. The van der Waals surface area contributed by atoms with Crippen molar-refractivity contribution in [2.75, 3.05) is 6.54 Å². The van der Waals surface area contributed by atoms with E-state index in [0.29, 0.717) is 0 Å². The molecule has 66 valence electrons. The second-order valence-corrected chi connectivity index (χ2v) is 4.76. The molecule has 0 spiro atoms. The molecule has 1 aliphatic heterocycles. The molecule has 0 aliphatic carbocycles. The van der Waals surface area contributed by atoms with Gasteiger partial charge in [-0.15, -0.1) is 15.9 Å². The third-order valence-corrected chi connectivity index (χ3v) is 4.16. The van der Waals surface area contributed by atoms with Crippen molar-refractivity contribution in [2.45, 2.75) is 10.1 Å². The molecule has 0 saturated carbocycles. The van der Waals surface area contributed by atoms with E-state index in [2.05, 4.69) is 0 Å². The second-order valence-electron chi connectivity index (χ2n) is 2.06. The Hall–Kier alpha value is -0.150. The summed E-state index contributed by atoms with van der Waals surface area (Å²) in [5.74, 6) is -0.545. The molecule has 1 amide bonds. The Labute approximate surface area is 82.3 Å². The zero-order chi connectivity index (χ0) is 9.30. The average Bonchev–Trinajstić information content (AvgIpc) is 2.23. The van der Waals surface area contributed by atoms with Gasteiger partial charge in [0, 0.05) is 0 Å². The van der Waals surface area contributed by atoms with Crippen LogP contribution in [0.5, 0.6) is 0 Å². The van der Waals surface area contributed by atoms with Crippen molar-refractivity contribution in [1.29, 1.82) is 5.26 Å². The Balaban J connectivity index is 2.78. The van der Waals surface area contributed by atoms with Crippen LogP contribution >= 0.6 is 23.2 Å². The zero-order valence-electron chi connectivity index (χ0n) is 5.74. The molecular formula is C5H4Cl2N2O2S. The fourth-order valence-corrected chi connectivity index (χ4v) is 2.64. The van der Waals surface area contributed by atoms with Crippen LogP contribution in [0.2, 0.25) is 0 Å². The molecule has 4 nitrogen and oxygen atoms in total. The van der Waals surface area contributed by atoms with Crippen LogP contribution in [0.4, 0.5) is 0 Å². The fraction of sp³-hybridized carbons (Fsp3) is 0.600. The number of amides is 1. The second kappa shape index (κ2) is 3.71. The third kappa shape index (κ3) is 1.48. The number of rotatable bonds is 1. The molecule has 1 aliphatic rings. The quantitative estimate of drug-likeness (QED) is 0.364. The Morgan fingerprint density at radius 1 is 1.75 bits per heavy atom. The van der Waals surface area contributed by atoms with Gasteiger partial charge < -0.3 is 4.55 Å². The summed E-state index contributed by atoms with van der Waals surface area (Å²) in [4.78, 5) is 11.1. The number of alkyl halides is 2. The van der Waals surface area contributed by atoms with E-state index < -0.39 is 27.4 Å². The van der Waals surface area contributed by atoms with E-state index in [4.69, 9.17) is 28.5 Å². The highest BCUT2D eigenvalue weighted by Crippen LogP contribution is 2.29. The molecule has 1 heterocycles. The monoisotopic (exact) mass is 226 g/mol. The number of nitriles is 1. The van der Waals surface area contributed by atoms with Crippen molar-refractivity contribution in [3.63, 3.8) is 0 Å². The minimum atomic E-state index is -1.67. The summed E-state index contributed by atoms with van der Waals surface area (Å²) >= 11 is 9.38. The minimum absolute atomic E-state index is 0.238. The lowest BCUT2D eigenvalue weighted by Gasteiger charge is -2.13. The van der Waals surface area contributed by atoms with E-state index in [9.17, 15) is 9.35 Å². The van der Waals surface area contributed by atoms with E-state index in [1.54, 1.807) is 6.07 Å². The molecule has 1 saturated heterocycles. The number of hydrogen-bond acceptors (Lipinski definition) is 3. The number of hydrogen-bond donors (Lipinski definition) is 0. The van der Waals surface area contributed by atoms with Gasteiger partial charge in [-0.1, -0.05) is 11.6 Å². The van der Waals surface area contributed by atoms with Crippen LogP contribution in [-0.4, -0.2) is 31.4 Å². The molecule has 1 rings (SSSR count). The van der Waals surface area contributed by atoms with Gasteiger partial charge in [0.2, 0.25) is 4.71 Å². The summed E-state index contributed by atoms with van der Waals surface area (Å²) in [5.41, 5.74) is 0. The molecule has 1 fully saturated rings. The minimum Gasteiger partial charge on any atom is -0.592 e. The van der Waals surface area contributed by atoms with Gasteiger partial charge in [-0.2, -0.15) is 5.26 Å². The summed E-state index contributed by atoms with van der Waals surface area (Å²) in [6, 6.07) is 1.71. The smallest absolute Gasteiger partial charge is 0.289 e. The normalized spacial score (nSPS) is 35.3. The highest BCUT2D eigenvalue weighted by atomic mass is 35.5. The molecular weight excluding hydrogens is 223 g/mol. The Bertz CT molecular complexity index is 244. The Morgan fingerprint density at radius 3 is 2.67 bits per heavy atom. The van der Waals surface area contributed by atoms with Crippen molar-refractivity contribution in [3.8, 4) is 6.07 Å². The summed E-state index contributed by atoms with van der Waals surface area (Å²) in [7, 11) is 0. The number of nitrogens with zero attached hydrogens (tertiary/aromatic N) is 2. The summed E-state index contributed by atoms with van der Waals surface area (Å²) < 4.78 is 11.1. The van der Waals surface area contributed by atoms with Crippen molar-refractivity contribution >= 4 is 40.5 Å². The molecule has 7 heteroatoms. The predicted octanol–water partition coefficient (Wildman–Crippen LogP) is 0.188. The van der Waals surface area contributed by atoms with Crippen LogP contribution in [-0.2, 0) is 16.2 Å². The maximum Gasteiger partial charge on any atom is 0.289 e. The van der Waals surface area contributed by atoms with Crippen molar-refractivity contribution in [1.82, 2.24) is 4.31 Å². The summed E-state index contributed by atoms with van der Waals surface area (Å²) in [6.45, 7) is -0.238. The van der Waals surface area contributed by atoms with Crippen molar-refractivity contribution < 1.29 is 9.35 Å². The molecule has 0 radical (unpaired) electrons. The van der Waals surface area contributed by atoms with Gasteiger partial charge >= 0.3 is 0 Å². The first-order valence-corrected chi connectivity index (χ1v) is 5.01. The van der Waals surface area contributed by atoms with Gasteiger partial charge in [0.15, 0.2) is 11.9 Å². The highest BCUT2D eigenvalue weighted by Gasteiger charge is 2.50. The first-order valence-electron chi connectivity index (χ1n) is 2.96. The van der Waals surface area contributed by atoms with Crippen LogP contribution in [0.15, 0.2) is 0 Å². The van der Waals surface area contributed by atoms with Gasteiger partial charge in [-0.05, 0) is 0 Å². The number of carbonyl (C=O) groups is 1. The van der Waals surface area contributed by atoms with Gasteiger partial charge in [0.05, 0.1) is 17.4 Å². The third-order valence-electron chi connectivity index (χ3n) is 1.34. The van der Waals surface area contributed by atoms with Crippen LogP contribution in [0.3, 0.4) is 0 Å². The molecule has 3 unspecified atom stereocenters. The molecule has 0 aromatic carbocycles. The lowest BCUT2D eigenvalue weighted by atomic mass is 10.4. The Morgan fingerprint density at radius 2 is 2.33 bits per heavy atom. The SMILES string of the molecule is N#CCN1C(=O)C(Cl)C(Cl)[S+]1[O-]. The highest BCUT2D eigenvalue weighted by molar-refractivity contribution is 7.92. The topological polar surface area (TPSA) is 67.2 Å². The molecule has 3 atom stereocenters. The standard InChI is InChI=1S/C5H4Cl2N2O2S/c6-3-4(7)12(11)9(2-1-8)5(3)10/h3-4H,2H2. The van der Waals surface area contributed by atoms with Gasteiger partial charge in [-0.3, -0.25) is 4.79 Å². The van der Waals surface area contributed by atoms with E-state index in [-0.39, 0.29) is 6.54 Å². The molecule has 0 aromatic heterocycles. The maximum atomic E-state index is 11.2. The van der Waals surface area contributed by atoms with Crippen molar-refractivity contribution in [3.05, 3.63) is 0 Å². The van der Waals surface area contributed by atoms with Gasteiger partial charge in [0.1, 0.15) is 0 Å². The van der Waals surface area contributed by atoms with E-state index in [0.717, 1.165) is 4.31 Å². The molecule has 12 heavy (non-hydrogen) atoms. The summed E-state index contributed by atoms with van der Waals surface area (Å²) in [6.07, 6.45) is 0. The van der Waals surface area contributed by atoms with Gasteiger partial charge in [0.25, 0.3) is 5.91 Å². The summed E-state index contributed by atoms with van der Waals surface area (Å²) in [5, 5.41) is 7.28. The molecule has 0 N–H and O–H groups in total. The van der Waals surface area contributed by atoms with Crippen LogP contribution in [0.25, 0.3) is 0 Å². The number of carbonyl (C=O) groups excluding carboxylic acids is 1. The first kappa shape index (κ1) is 9.93.